The summed E-state index contributed by atoms with van der Waals surface area (Å²) in [6.07, 6.45) is -2.06. The molecule has 2 saturated heterocycles. The van der Waals surface area contributed by atoms with Crippen molar-refractivity contribution in [1.82, 2.24) is 10.2 Å². The van der Waals surface area contributed by atoms with Crippen LogP contribution in [0.3, 0.4) is 0 Å². The van der Waals surface area contributed by atoms with Crippen molar-refractivity contribution < 1.29 is 38.1 Å². The normalized spacial score (nSPS) is 23.8. The lowest BCUT2D eigenvalue weighted by Gasteiger charge is -2.37. The molecule has 44 heavy (non-hydrogen) atoms. The van der Waals surface area contributed by atoms with Gasteiger partial charge in [-0.05, 0) is 42.5 Å². The van der Waals surface area contributed by atoms with Gasteiger partial charge in [0.15, 0.2) is 18.4 Å². The summed E-state index contributed by atoms with van der Waals surface area (Å²) in [6.45, 7) is -0.398. The van der Waals surface area contributed by atoms with E-state index in [0.717, 1.165) is 4.90 Å². The lowest BCUT2D eigenvalue weighted by Crippen LogP contribution is -2.61. The summed E-state index contributed by atoms with van der Waals surface area (Å²) in [5, 5.41) is 2.73. The van der Waals surface area contributed by atoms with Crippen LogP contribution >= 0.6 is 12.2 Å². The van der Waals surface area contributed by atoms with Gasteiger partial charge in [0.25, 0.3) is 0 Å². The first kappa shape index (κ1) is 28.9. The molecule has 1 unspecified atom stereocenters. The maximum Gasteiger partial charge on any atom is 0.338 e. The first-order chi connectivity index (χ1) is 21.4. The summed E-state index contributed by atoms with van der Waals surface area (Å²) in [6, 6.07) is 23.4. The van der Waals surface area contributed by atoms with Crippen molar-refractivity contribution in [2.75, 3.05) is 6.61 Å². The third-order valence-corrected chi connectivity index (χ3v) is 7.58. The fourth-order valence-electron chi connectivity index (χ4n) is 5.01. The standard InChI is InChI=1S/C32H25N3O8S/c36-29(19-10-4-1-5-11-19)40-18-23-25(42-30(37)20-12-6-2-7-13-20)26(43-31(38)21-14-8-3-9-15-21)27(41-23)35-28(44)24-22(16-17-33-24)34-32(35)39/h1-17,23-27H,18H2,(H,34,39)/t23-,24?,25-,26-,27-/m1/s1. The summed E-state index contributed by atoms with van der Waals surface area (Å²) in [4.78, 5) is 58.3. The van der Waals surface area contributed by atoms with Gasteiger partial charge in [-0.25, -0.2) is 19.2 Å². The van der Waals surface area contributed by atoms with Crippen LogP contribution in [0.5, 0.6) is 0 Å². The van der Waals surface area contributed by atoms with Crippen LogP contribution in [0.25, 0.3) is 0 Å². The second-order valence-corrected chi connectivity index (χ2v) is 10.4. The second kappa shape index (κ2) is 12.6. The minimum Gasteiger partial charge on any atom is -0.459 e. The Bertz CT molecular complexity index is 1650. The fraction of sp³-hybridized carbons (Fsp3) is 0.188. The number of ether oxygens (including phenoxy) is 4. The molecule has 11 nitrogen and oxygen atoms in total. The molecule has 3 aliphatic rings. The van der Waals surface area contributed by atoms with E-state index in [2.05, 4.69) is 10.3 Å². The van der Waals surface area contributed by atoms with Crippen LogP contribution < -0.4 is 5.32 Å². The maximum atomic E-state index is 13.4. The average molecular weight is 612 g/mol. The molecule has 0 radical (unpaired) electrons. The number of urea groups is 1. The molecule has 0 spiro atoms. The van der Waals surface area contributed by atoms with Gasteiger partial charge in [-0.3, -0.25) is 9.89 Å². The number of hydrogen-bond acceptors (Lipinski definition) is 10. The molecule has 1 N–H and O–H groups in total. The zero-order valence-electron chi connectivity index (χ0n) is 23.0. The molecule has 5 atom stereocenters. The van der Waals surface area contributed by atoms with E-state index in [1.165, 1.54) is 6.21 Å². The molecule has 12 heteroatoms. The van der Waals surface area contributed by atoms with E-state index in [1.807, 2.05) is 0 Å². The molecule has 2 amide bonds. The number of aliphatic imine (C=N–C) groups is 1. The van der Waals surface area contributed by atoms with Crippen LogP contribution in [0.1, 0.15) is 31.1 Å². The van der Waals surface area contributed by atoms with Crippen molar-refractivity contribution in [2.24, 2.45) is 4.99 Å². The second-order valence-electron chi connectivity index (χ2n) is 9.96. The molecule has 0 bridgehead atoms. The minimum absolute atomic E-state index is 0.0922. The van der Waals surface area contributed by atoms with E-state index >= 15 is 0 Å². The molecule has 0 saturated carbocycles. The van der Waals surface area contributed by atoms with Crippen LogP contribution in [-0.4, -0.2) is 77.2 Å². The van der Waals surface area contributed by atoms with E-state index in [0.29, 0.717) is 11.3 Å². The van der Waals surface area contributed by atoms with Gasteiger partial charge in [0, 0.05) is 6.21 Å². The van der Waals surface area contributed by atoms with E-state index in [-0.39, 0.29) is 16.1 Å². The number of esters is 3. The van der Waals surface area contributed by atoms with E-state index < -0.39 is 61.1 Å². The highest BCUT2D eigenvalue weighted by Crippen LogP contribution is 2.34. The number of hydrogen-bond donors (Lipinski definition) is 1. The average Bonchev–Trinajstić information content (AvgIpc) is 3.66. The van der Waals surface area contributed by atoms with Crippen LogP contribution in [0, 0.1) is 0 Å². The molecule has 0 aliphatic carbocycles. The Balaban J connectivity index is 1.34. The molecule has 3 aromatic rings. The largest absolute Gasteiger partial charge is 0.459 e. The summed E-state index contributed by atoms with van der Waals surface area (Å²) < 4.78 is 23.6. The zero-order chi connectivity index (χ0) is 30.6. The molecule has 2 fully saturated rings. The van der Waals surface area contributed by atoms with Crippen molar-refractivity contribution >= 4 is 47.4 Å². The van der Waals surface area contributed by atoms with Crippen LogP contribution in [0.2, 0.25) is 0 Å². The highest BCUT2D eigenvalue weighted by atomic mass is 32.1. The number of nitrogens with one attached hydrogen (secondary N) is 1. The van der Waals surface area contributed by atoms with Crippen molar-refractivity contribution in [2.45, 2.75) is 30.6 Å². The van der Waals surface area contributed by atoms with Gasteiger partial charge in [-0.2, -0.15) is 0 Å². The molecule has 0 aromatic heterocycles. The first-order valence-corrected chi connectivity index (χ1v) is 14.1. The summed E-state index contributed by atoms with van der Waals surface area (Å²) in [5.41, 5.74) is 1.23. The van der Waals surface area contributed by atoms with E-state index in [1.54, 1.807) is 97.1 Å². The zero-order valence-corrected chi connectivity index (χ0v) is 23.8. The maximum absolute atomic E-state index is 13.4. The number of nitrogens with zero attached hydrogens (tertiary/aromatic N) is 2. The van der Waals surface area contributed by atoms with Crippen molar-refractivity contribution in [3.05, 3.63) is 119 Å². The third kappa shape index (κ3) is 5.85. The van der Waals surface area contributed by atoms with Crippen molar-refractivity contribution in [3.63, 3.8) is 0 Å². The molecule has 3 aliphatic heterocycles. The van der Waals surface area contributed by atoms with Crippen LogP contribution in [0.15, 0.2) is 108 Å². The first-order valence-electron chi connectivity index (χ1n) is 13.7. The predicted molar refractivity (Wildman–Crippen MR) is 160 cm³/mol. The Hall–Kier alpha value is -5.20. The summed E-state index contributed by atoms with van der Waals surface area (Å²) in [5.74, 6) is -2.14. The van der Waals surface area contributed by atoms with Gasteiger partial charge in [-0.15, -0.1) is 0 Å². The van der Waals surface area contributed by atoms with Gasteiger partial charge in [-0.1, -0.05) is 66.8 Å². The quantitative estimate of drug-likeness (QED) is 0.230. The van der Waals surface area contributed by atoms with Crippen molar-refractivity contribution in [3.8, 4) is 0 Å². The Kier molecular flexibility index (Phi) is 8.26. The van der Waals surface area contributed by atoms with E-state index in [4.69, 9.17) is 31.2 Å². The highest BCUT2D eigenvalue weighted by molar-refractivity contribution is 7.80. The van der Waals surface area contributed by atoms with Gasteiger partial charge < -0.3 is 24.3 Å². The van der Waals surface area contributed by atoms with Gasteiger partial charge in [0.05, 0.1) is 22.4 Å². The number of fused-ring (bicyclic) bond motifs is 1. The van der Waals surface area contributed by atoms with E-state index in [9.17, 15) is 19.2 Å². The topological polar surface area (TPSA) is 133 Å². The van der Waals surface area contributed by atoms with Gasteiger partial charge >= 0.3 is 23.9 Å². The smallest absolute Gasteiger partial charge is 0.338 e. The number of allylic oxidation sites excluding steroid dienone is 1. The lowest BCUT2D eigenvalue weighted by molar-refractivity contribution is -0.0672. The molecule has 222 valence electrons. The monoisotopic (exact) mass is 611 g/mol. The Morgan fingerprint density at radius 2 is 1.32 bits per heavy atom. The number of rotatable bonds is 8. The number of thiocarbonyl (C=S) groups is 1. The van der Waals surface area contributed by atoms with Crippen molar-refractivity contribution in [1.29, 1.82) is 0 Å². The molecular formula is C32H25N3O8S. The molecule has 6 rings (SSSR count). The Morgan fingerprint density at radius 1 is 0.795 bits per heavy atom. The molecule has 3 heterocycles. The SMILES string of the molecule is O=C(OC[C@H]1O[C@@H](N2C(=O)NC3=CC=NC3C2=S)[C@H](OC(=O)c2ccccc2)[C@@H]1OC(=O)c1ccccc1)c1ccccc1. The molecular weight excluding hydrogens is 586 g/mol. The highest BCUT2D eigenvalue weighted by Gasteiger charge is 2.56. The number of carbonyl (C=O) groups excluding carboxylic acids is 4. The van der Waals surface area contributed by atoms with Gasteiger partial charge in [0.1, 0.15) is 23.7 Å². The number of benzene rings is 3. The predicted octanol–water partition coefficient (Wildman–Crippen LogP) is 3.71. The lowest BCUT2D eigenvalue weighted by atomic mass is 10.1. The summed E-state index contributed by atoms with van der Waals surface area (Å²) >= 11 is 5.65. The minimum atomic E-state index is -1.38. The Morgan fingerprint density at radius 3 is 1.89 bits per heavy atom. The molecule has 3 aromatic carbocycles. The number of amides is 2. The number of carbonyl (C=O) groups is 4. The summed E-state index contributed by atoms with van der Waals surface area (Å²) in [7, 11) is 0. The third-order valence-electron chi connectivity index (χ3n) is 7.16. The van der Waals surface area contributed by atoms with Gasteiger partial charge in [0.2, 0.25) is 0 Å². The van der Waals surface area contributed by atoms with Crippen LogP contribution in [0.4, 0.5) is 4.79 Å². The Labute approximate surface area is 257 Å². The van der Waals surface area contributed by atoms with Crippen LogP contribution in [-0.2, 0) is 18.9 Å². The fourth-order valence-corrected chi connectivity index (χ4v) is 5.38.